The zero-order chi connectivity index (χ0) is 42.1. The van der Waals surface area contributed by atoms with E-state index in [1.165, 1.54) is 12.1 Å². The molecule has 0 aromatic heterocycles. The van der Waals surface area contributed by atoms with Crippen molar-refractivity contribution in [3.8, 4) is 5.75 Å². The van der Waals surface area contributed by atoms with Gasteiger partial charge in [-0.25, -0.2) is 0 Å². The molecule has 0 bridgehead atoms. The van der Waals surface area contributed by atoms with Crippen LogP contribution >= 0.6 is 21.6 Å². The van der Waals surface area contributed by atoms with Crippen molar-refractivity contribution < 1.29 is 43.8 Å². The number of carbonyl (C=O) groups excluding carboxylic acids is 6. The van der Waals surface area contributed by atoms with E-state index in [2.05, 4.69) is 36.9 Å². The maximum absolute atomic E-state index is 13.9. The lowest BCUT2D eigenvalue weighted by atomic mass is 10.0. The van der Waals surface area contributed by atoms with E-state index in [1.54, 1.807) is 56.3 Å². The van der Waals surface area contributed by atoms with Gasteiger partial charge in [0.15, 0.2) is 5.96 Å². The molecule has 6 amide bonds. The second-order valence-corrected chi connectivity index (χ2v) is 16.6. The van der Waals surface area contributed by atoms with Crippen LogP contribution in [0.15, 0.2) is 59.6 Å². The number of aliphatic carboxylic acids is 1. The predicted octanol–water partition coefficient (Wildman–Crippen LogP) is -2.01. The zero-order valence-electron chi connectivity index (χ0n) is 31.5. The fourth-order valence-corrected chi connectivity index (χ4v) is 8.26. The van der Waals surface area contributed by atoms with Crippen LogP contribution in [0.25, 0.3) is 0 Å². The molecule has 0 radical (unpaired) electrons. The molecular formula is C36H50N10O9S2. The average Bonchev–Trinajstić information content (AvgIpc) is 3.15. The summed E-state index contributed by atoms with van der Waals surface area (Å²) in [6.07, 6.45) is 0.325. The van der Waals surface area contributed by atoms with Gasteiger partial charge in [0.25, 0.3) is 0 Å². The summed E-state index contributed by atoms with van der Waals surface area (Å²) in [7, 11) is 2.21. The molecule has 2 aromatic carbocycles. The molecule has 0 unspecified atom stereocenters. The van der Waals surface area contributed by atoms with Crippen LogP contribution < -0.4 is 49.1 Å². The summed E-state index contributed by atoms with van der Waals surface area (Å²) >= 11 is 0. The summed E-state index contributed by atoms with van der Waals surface area (Å²) in [5.41, 5.74) is 18.3. The first-order valence-corrected chi connectivity index (χ1v) is 20.2. The molecule has 0 saturated carbocycles. The number of benzene rings is 2. The van der Waals surface area contributed by atoms with Crippen LogP contribution in [0.5, 0.6) is 5.75 Å². The molecule has 1 saturated heterocycles. The number of hydrogen-bond acceptors (Lipinski definition) is 12. The highest BCUT2D eigenvalue weighted by molar-refractivity contribution is 8.77. The molecular weight excluding hydrogens is 781 g/mol. The number of hydrogen-bond donors (Lipinski definition) is 11. The van der Waals surface area contributed by atoms with Gasteiger partial charge in [0.05, 0.1) is 12.6 Å². The van der Waals surface area contributed by atoms with Crippen LogP contribution in [0.1, 0.15) is 37.8 Å². The van der Waals surface area contributed by atoms with E-state index in [4.69, 9.17) is 22.3 Å². The van der Waals surface area contributed by atoms with Gasteiger partial charge in [0.1, 0.15) is 36.5 Å². The molecule has 14 N–H and O–H groups in total. The first kappa shape index (κ1) is 45.8. The molecule has 3 rings (SSSR count). The molecule has 19 nitrogen and oxygen atoms in total. The van der Waals surface area contributed by atoms with Crippen molar-refractivity contribution >= 4 is 69.0 Å². The molecule has 0 aliphatic carbocycles. The molecule has 1 heterocycles. The number of nitrogens with two attached hydrogens (primary N) is 3. The van der Waals surface area contributed by atoms with Crippen LogP contribution in [0.2, 0.25) is 0 Å². The predicted molar refractivity (Wildman–Crippen MR) is 215 cm³/mol. The third kappa shape index (κ3) is 15.9. The number of nitrogens with one attached hydrogen (secondary N) is 6. The number of nitrogens with zero attached hydrogens (tertiary/aromatic N) is 1. The Kier molecular flexibility index (Phi) is 17.9. The van der Waals surface area contributed by atoms with Crippen molar-refractivity contribution in [2.75, 3.05) is 25.4 Å². The van der Waals surface area contributed by atoms with Gasteiger partial charge in [0.2, 0.25) is 35.4 Å². The van der Waals surface area contributed by atoms with Gasteiger partial charge in [-0.2, -0.15) is 0 Å². The maximum Gasteiger partial charge on any atom is 0.322 e. The number of guanidine groups is 1. The van der Waals surface area contributed by atoms with Gasteiger partial charge in [-0.15, -0.1) is 0 Å². The Morgan fingerprint density at radius 1 is 0.965 bits per heavy atom. The Balaban J connectivity index is 1.91. The molecule has 21 heteroatoms. The van der Waals surface area contributed by atoms with E-state index in [0.717, 1.165) is 21.6 Å². The van der Waals surface area contributed by atoms with Gasteiger partial charge in [-0.3, -0.25) is 38.6 Å². The summed E-state index contributed by atoms with van der Waals surface area (Å²) in [6, 6.07) is 8.76. The molecule has 5 atom stereocenters. The Hall–Kier alpha value is -5.54. The maximum atomic E-state index is 13.9. The minimum Gasteiger partial charge on any atom is -0.508 e. The van der Waals surface area contributed by atoms with Crippen LogP contribution in [-0.4, -0.2) is 118 Å². The summed E-state index contributed by atoms with van der Waals surface area (Å²) in [6.45, 7) is 2.16. The van der Waals surface area contributed by atoms with E-state index >= 15 is 0 Å². The van der Waals surface area contributed by atoms with E-state index in [9.17, 15) is 38.7 Å². The van der Waals surface area contributed by atoms with E-state index in [0.29, 0.717) is 11.1 Å². The van der Waals surface area contributed by atoms with Gasteiger partial charge in [0, 0.05) is 23.5 Å². The quantitative estimate of drug-likeness (QED) is 0.0400. The van der Waals surface area contributed by atoms with E-state index in [1.807, 2.05) is 0 Å². The Morgan fingerprint density at radius 3 is 2.30 bits per heavy atom. The molecule has 2 aromatic rings. The van der Waals surface area contributed by atoms with Crippen molar-refractivity contribution in [1.29, 1.82) is 0 Å². The lowest BCUT2D eigenvalue weighted by Crippen LogP contribution is -2.61. The zero-order valence-corrected chi connectivity index (χ0v) is 33.1. The van der Waals surface area contributed by atoms with Gasteiger partial charge in [-0.05, 0) is 56.4 Å². The van der Waals surface area contributed by atoms with Crippen molar-refractivity contribution in [2.45, 2.75) is 74.5 Å². The SMILES string of the molecule is CC1(C)SSC[C@@H](C(=O)N[C@@H](CCCN=C(N)N)C(=O)NCC(=O)O)NC(=O)[C@H](Cc2ccccc2)NC(=O)CNC(=O)[C@H]1NC(=O)[C@@H](N)Cc1ccc(O)cc1. The number of carbonyl (C=O) groups is 7. The number of rotatable bonds is 15. The number of phenols is 1. The highest BCUT2D eigenvalue weighted by Gasteiger charge is 2.40. The van der Waals surface area contributed by atoms with Gasteiger partial charge in [-0.1, -0.05) is 64.1 Å². The number of aromatic hydroxyl groups is 1. The standard InChI is InChI=1S/C36H50N10O9S2/c1-36(2)29(46-30(51)23(37)15-21-10-12-22(47)13-11-21)34(55)41-17-27(48)43-25(16-20-7-4-3-5-8-20)32(53)45-26(19-56-57-36)33(54)44-24(9-6-14-40-35(38)39)31(52)42-18-28(49)50/h3-5,7-8,10-13,23-26,29,47H,6,9,14-19,37H2,1-2H3,(H,41,55)(H,42,52)(H,43,48)(H,44,54)(H,45,53)(H,46,51)(H,49,50)(H4,38,39,40)/t23-,24-,25-,26-,29+/m0/s1. The Bertz CT molecular complexity index is 1760. The second-order valence-electron chi connectivity index (χ2n) is 13.6. The number of carboxylic acid groups (broad SMARTS) is 1. The largest absolute Gasteiger partial charge is 0.508 e. The van der Waals surface area contributed by atoms with Crippen molar-refractivity contribution in [3.05, 3.63) is 65.7 Å². The summed E-state index contributed by atoms with van der Waals surface area (Å²) in [5, 5.41) is 34.1. The molecule has 1 fully saturated rings. The monoisotopic (exact) mass is 830 g/mol. The van der Waals surface area contributed by atoms with Crippen molar-refractivity contribution in [3.63, 3.8) is 0 Å². The molecule has 1 aliphatic rings. The summed E-state index contributed by atoms with van der Waals surface area (Å²) in [4.78, 5) is 96.1. The highest BCUT2D eigenvalue weighted by atomic mass is 33.1. The smallest absolute Gasteiger partial charge is 0.322 e. The van der Waals surface area contributed by atoms with Crippen molar-refractivity contribution in [2.24, 2.45) is 22.2 Å². The highest BCUT2D eigenvalue weighted by Crippen LogP contribution is 2.39. The second kappa shape index (κ2) is 22.3. The van der Waals surface area contributed by atoms with E-state index < -0.39 is 89.5 Å². The Labute approximate surface area is 337 Å². The van der Waals surface area contributed by atoms with E-state index in [-0.39, 0.29) is 49.7 Å². The Morgan fingerprint density at radius 2 is 1.65 bits per heavy atom. The molecule has 57 heavy (non-hydrogen) atoms. The number of phenolic OH excluding ortho intramolecular Hbond substituents is 1. The van der Waals surface area contributed by atoms with Crippen LogP contribution in [-0.2, 0) is 46.4 Å². The molecule has 1 aliphatic heterocycles. The van der Waals surface area contributed by atoms with Crippen molar-refractivity contribution in [1.82, 2.24) is 31.9 Å². The number of aliphatic imine (C=N–C) groups is 1. The summed E-state index contributed by atoms with van der Waals surface area (Å²) in [5.74, 6) is -6.00. The fourth-order valence-electron chi connectivity index (χ4n) is 5.44. The lowest BCUT2D eigenvalue weighted by molar-refractivity contribution is -0.138. The fraction of sp³-hybridized carbons (Fsp3) is 0.444. The molecule has 310 valence electrons. The lowest BCUT2D eigenvalue weighted by Gasteiger charge is -2.34. The number of carboxylic acids is 1. The topological polar surface area (TPSA) is 323 Å². The number of amides is 6. The van der Waals surface area contributed by atoms with Gasteiger partial charge >= 0.3 is 5.97 Å². The van der Waals surface area contributed by atoms with Crippen LogP contribution in [0.3, 0.4) is 0 Å². The van der Waals surface area contributed by atoms with Crippen LogP contribution in [0.4, 0.5) is 0 Å². The molecule has 0 spiro atoms. The first-order valence-electron chi connectivity index (χ1n) is 17.9. The first-order chi connectivity index (χ1) is 26.9. The summed E-state index contributed by atoms with van der Waals surface area (Å²) < 4.78 is -1.12. The van der Waals surface area contributed by atoms with Gasteiger partial charge < -0.3 is 59.3 Å². The minimum atomic E-state index is -1.32. The average molecular weight is 831 g/mol. The normalized spacial score (nSPS) is 19.8. The third-order valence-electron chi connectivity index (χ3n) is 8.46. The van der Waals surface area contributed by atoms with Crippen LogP contribution in [0, 0.1) is 0 Å². The third-order valence-corrected chi connectivity index (χ3v) is 11.8. The minimum absolute atomic E-state index is 0.00161.